The van der Waals surface area contributed by atoms with Gasteiger partial charge in [0.1, 0.15) is 0 Å². The maximum Gasteiger partial charge on any atom is 0.0512 e. The molecule has 0 bridgehead atoms. The highest BCUT2D eigenvalue weighted by Gasteiger charge is 2.23. The number of hydrogen-bond acceptors (Lipinski definition) is 2. The molecule has 1 fully saturated rings. The summed E-state index contributed by atoms with van der Waals surface area (Å²) in [5.74, 6) is 0.409. The third kappa shape index (κ3) is 2.77. The van der Waals surface area contributed by atoms with E-state index in [9.17, 15) is 0 Å². The molecule has 4 heteroatoms. The molecule has 2 unspecified atom stereocenters. The van der Waals surface area contributed by atoms with Gasteiger partial charge in [0, 0.05) is 28.1 Å². The molecule has 0 spiro atoms. The van der Waals surface area contributed by atoms with Crippen molar-refractivity contribution in [3.63, 3.8) is 0 Å². The fourth-order valence-electron chi connectivity index (χ4n) is 2.07. The number of nitrogens with two attached hydrogens (primary N) is 1. The quantitative estimate of drug-likeness (QED) is 0.907. The standard InChI is InChI=1S/C12H15BrClNO/c13-11-6-9(14)3-4-10(11)12(15)8-2-1-5-16-7-8/h3-4,6,8,12H,1-2,5,7,15H2. The normalized spacial score (nSPS) is 23.1. The van der Waals surface area contributed by atoms with Gasteiger partial charge in [-0.25, -0.2) is 0 Å². The van der Waals surface area contributed by atoms with E-state index in [0.29, 0.717) is 5.92 Å². The Morgan fingerprint density at radius 2 is 2.31 bits per heavy atom. The SMILES string of the molecule is NC(c1ccc(Cl)cc1Br)C1CCCOC1. The molecule has 0 radical (unpaired) electrons. The second-order valence-corrected chi connectivity index (χ2v) is 5.46. The maximum atomic E-state index is 6.27. The smallest absolute Gasteiger partial charge is 0.0512 e. The number of rotatable bonds is 2. The predicted octanol–water partition coefficient (Wildman–Crippen LogP) is 3.53. The molecule has 1 aliphatic heterocycles. The van der Waals surface area contributed by atoms with Crippen molar-refractivity contribution in [2.75, 3.05) is 13.2 Å². The second kappa shape index (κ2) is 5.50. The molecule has 2 nitrogen and oxygen atoms in total. The minimum absolute atomic E-state index is 0.0203. The van der Waals surface area contributed by atoms with Gasteiger partial charge in [0.15, 0.2) is 0 Å². The lowest BCUT2D eigenvalue weighted by Crippen LogP contribution is -2.29. The van der Waals surface area contributed by atoms with E-state index in [2.05, 4.69) is 15.9 Å². The monoisotopic (exact) mass is 303 g/mol. The molecule has 2 atom stereocenters. The lowest BCUT2D eigenvalue weighted by Gasteiger charge is -2.28. The molecule has 1 aliphatic rings. The summed E-state index contributed by atoms with van der Waals surface area (Å²) in [6.07, 6.45) is 2.24. The van der Waals surface area contributed by atoms with Crippen molar-refractivity contribution >= 4 is 27.5 Å². The van der Waals surface area contributed by atoms with E-state index in [-0.39, 0.29) is 6.04 Å². The highest BCUT2D eigenvalue weighted by molar-refractivity contribution is 9.10. The van der Waals surface area contributed by atoms with Crippen LogP contribution in [0.4, 0.5) is 0 Å². The van der Waals surface area contributed by atoms with Crippen LogP contribution >= 0.6 is 27.5 Å². The zero-order chi connectivity index (χ0) is 11.5. The average Bonchev–Trinajstić information content (AvgIpc) is 2.29. The van der Waals surface area contributed by atoms with E-state index in [4.69, 9.17) is 22.1 Å². The van der Waals surface area contributed by atoms with E-state index in [1.54, 1.807) is 0 Å². The van der Waals surface area contributed by atoms with Crippen LogP contribution in [0.15, 0.2) is 22.7 Å². The molecule has 1 heterocycles. The molecule has 0 aromatic heterocycles. The lowest BCUT2D eigenvalue weighted by molar-refractivity contribution is 0.0447. The van der Waals surface area contributed by atoms with E-state index >= 15 is 0 Å². The first-order chi connectivity index (χ1) is 7.68. The van der Waals surface area contributed by atoms with Crippen molar-refractivity contribution in [1.29, 1.82) is 0 Å². The van der Waals surface area contributed by atoms with Crippen LogP contribution in [0.3, 0.4) is 0 Å². The summed E-state index contributed by atoms with van der Waals surface area (Å²) >= 11 is 9.42. The molecule has 16 heavy (non-hydrogen) atoms. The van der Waals surface area contributed by atoms with Crippen molar-refractivity contribution in [3.05, 3.63) is 33.3 Å². The summed E-state index contributed by atoms with van der Waals surface area (Å²) in [6, 6.07) is 5.78. The third-order valence-corrected chi connectivity index (χ3v) is 3.95. The number of halogens is 2. The van der Waals surface area contributed by atoms with Crippen LogP contribution in [-0.2, 0) is 4.74 Å². The first-order valence-electron chi connectivity index (χ1n) is 5.47. The summed E-state index contributed by atoms with van der Waals surface area (Å²) in [6.45, 7) is 1.63. The zero-order valence-corrected chi connectivity index (χ0v) is 11.3. The Labute approximate surface area is 109 Å². The highest BCUT2D eigenvalue weighted by atomic mass is 79.9. The average molecular weight is 305 g/mol. The Bertz CT molecular complexity index is 366. The number of benzene rings is 1. The van der Waals surface area contributed by atoms with Crippen LogP contribution in [0, 0.1) is 5.92 Å². The minimum Gasteiger partial charge on any atom is -0.381 e. The van der Waals surface area contributed by atoms with Crippen molar-refractivity contribution < 1.29 is 4.74 Å². The summed E-state index contributed by atoms with van der Waals surface area (Å²) in [5.41, 5.74) is 7.38. The van der Waals surface area contributed by atoms with Crippen LogP contribution in [0.2, 0.25) is 5.02 Å². The molecule has 0 saturated carbocycles. The van der Waals surface area contributed by atoms with Gasteiger partial charge in [0.25, 0.3) is 0 Å². The summed E-state index contributed by atoms with van der Waals surface area (Å²) in [7, 11) is 0. The van der Waals surface area contributed by atoms with E-state index in [1.807, 2.05) is 18.2 Å². The van der Waals surface area contributed by atoms with Gasteiger partial charge >= 0.3 is 0 Å². The molecule has 88 valence electrons. The fourth-order valence-corrected chi connectivity index (χ4v) is 3.02. The van der Waals surface area contributed by atoms with Gasteiger partial charge in [-0.1, -0.05) is 33.6 Å². The molecule has 0 aliphatic carbocycles. The minimum atomic E-state index is 0.0203. The maximum absolute atomic E-state index is 6.27. The van der Waals surface area contributed by atoms with E-state index in [1.165, 1.54) is 0 Å². The fraction of sp³-hybridized carbons (Fsp3) is 0.500. The van der Waals surface area contributed by atoms with Crippen LogP contribution < -0.4 is 5.73 Å². The van der Waals surface area contributed by atoms with Gasteiger partial charge in [-0.15, -0.1) is 0 Å². The Hall–Kier alpha value is -0.0900. The van der Waals surface area contributed by atoms with Gasteiger partial charge in [0.2, 0.25) is 0 Å². The largest absolute Gasteiger partial charge is 0.381 e. The van der Waals surface area contributed by atoms with Crippen LogP contribution in [0.1, 0.15) is 24.4 Å². The topological polar surface area (TPSA) is 35.2 Å². The predicted molar refractivity (Wildman–Crippen MR) is 69.6 cm³/mol. The summed E-state index contributed by atoms with van der Waals surface area (Å²) in [5, 5.41) is 0.725. The van der Waals surface area contributed by atoms with Gasteiger partial charge in [0.05, 0.1) is 6.61 Å². The highest BCUT2D eigenvalue weighted by Crippen LogP contribution is 2.32. The zero-order valence-electron chi connectivity index (χ0n) is 8.96. The first-order valence-corrected chi connectivity index (χ1v) is 6.64. The summed E-state index contributed by atoms with van der Waals surface area (Å²) < 4.78 is 6.45. The van der Waals surface area contributed by atoms with E-state index < -0.39 is 0 Å². The van der Waals surface area contributed by atoms with Crippen LogP contribution in [-0.4, -0.2) is 13.2 Å². The molecule has 2 N–H and O–H groups in total. The Balaban J connectivity index is 2.15. The van der Waals surface area contributed by atoms with Crippen LogP contribution in [0.5, 0.6) is 0 Å². The van der Waals surface area contributed by atoms with Crippen molar-refractivity contribution in [3.8, 4) is 0 Å². The van der Waals surface area contributed by atoms with Crippen molar-refractivity contribution in [1.82, 2.24) is 0 Å². The Morgan fingerprint density at radius 3 is 2.94 bits per heavy atom. The van der Waals surface area contributed by atoms with Crippen molar-refractivity contribution in [2.24, 2.45) is 11.7 Å². The van der Waals surface area contributed by atoms with Gasteiger partial charge in [-0.05, 0) is 30.5 Å². The van der Waals surface area contributed by atoms with Gasteiger partial charge in [-0.2, -0.15) is 0 Å². The van der Waals surface area contributed by atoms with E-state index in [0.717, 1.165) is 41.1 Å². The lowest BCUT2D eigenvalue weighted by atomic mass is 9.89. The van der Waals surface area contributed by atoms with Crippen molar-refractivity contribution in [2.45, 2.75) is 18.9 Å². The molecule has 0 amide bonds. The molecule has 1 saturated heterocycles. The molecule has 2 rings (SSSR count). The second-order valence-electron chi connectivity index (χ2n) is 4.17. The molecule has 1 aromatic carbocycles. The molecule has 1 aromatic rings. The third-order valence-electron chi connectivity index (χ3n) is 3.02. The first kappa shape index (κ1) is 12.4. The summed E-state index contributed by atoms with van der Waals surface area (Å²) in [4.78, 5) is 0. The number of ether oxygens (including phenoxy) is 1. The molecular formula is C12H15BrClNO. The Morgan fingerprint density at radius 1 is 1.50 bits per heavy atom. The Kier molecular flexibility index (Phi) is 4.25. The van der Waals surface area contributed by atoms with Gasteiger partial charge < -0.3 is 10.5 Å². The molecular weight excluding hydrogens is 289 g/mol. The number of hydrogen-bond donors (Lipinski definition) is 1. The van der Waals surface area contributed by atoms with Gasteiger partial charge in [-0.3, -0.25) is 0 Å². The van der Waals surface area contributed by atoms with Crippen LogP contribution in [0.25, 0.3) is 0 Å².